The number of fused-ring (bicyclic) bond motifs is 1. The molecular weight excluding hydrogens is 368 g/mol. The van der Waals surface area contributed by atoms with Crippen molar-refractivity contribution in [2.24, 2.45) is 0 Å². The van der Waals surface area contributed by atoms with Crippen molar-refractivity contribution in [3.8, 4) is 16.3 Å². The van der Waals surface area contributed by atoms with E-state index in [1.165, 1.54) is 16.3 Å². The summed E-state index contributed by atoms with van der Waals surface area (Å²) in [4.78, 5) is 16.8. The molecular formula is C23H18N2O2S. The Kier molecular flexibility index (Phi) is 4.91. The molecule has 0 bridgehead atoms. The van der Waals surface area contributed by atoms with E-state index in [9.17, 15) is 9.90 Å². The smallest absolute Gasteiger partial charge is 0.248 e. The van der Waals surface area contributed by atoms with E-state index in [4.69, 9.17) is 0 Å². The third-order valence-corrected chi connectivity index (χ3v) is 5.33. The van der Waals surface area contributed by atoms with Gasteiger partial charge in [0.25, 0.3) is 0 Å². The number of nitrogens with zero attached hydrogens (tertiary/aromatic N) is 1. The molecule has 0 fully saturated rings. The van der Waals surface area contributed by atoms with Crippen LogP contribution in [0.5, 0.6) is 5.75 Å². The van der Waals surface area contributed by atoms with Gasteiger partial charge in [0, 0.05) is 17.3 Å². The molecule has 0 aliphatic heterocycles. The molecule has 0 saturated carbocycles. The first kappa shape index (κ1) is 17.9. The first-order valence-electron chi connectivity index (χ1n) is 8.82. The monoisotopic (exact) mass is 386 g/mol. The maximum absolute atomic E-state index is 12.1. The molecule has 4 rings (SSSR count). The zero-order chi connectivity index (χ0) is 19.5. The first-order chi connectivity index (χ1) is 13.6. The number of carbonyl (C=O) groups excluding carboxylic acids is 1. The molecule has 2 N–H and O–H groups in total. The minimum atomic E-state index is -0.212. The number of anilines is 1. The summed E-state index contributed by atoms with van der Waals surface area (Å²) >= 11 is 1.66. The van der Waals surface area contributed by atoms with Crippen LogP contribution in [0.2, 0.25) is 0 Å². The highest BCUT2D eigenvalue weighted by Crippen LogP contribution is 2.31. The zero-order valence-electron chi connectivity index (χ0n) is 15.2. The number of nitrogens with one attached hydrogen (secondary N) is 1. The Hall–Kier alpha value is -3.44. The molecule has 1 amide bonds. The quantitative estimate of drug-likeness (QED) is 0.447. The average Bonchev–Trinajstić information content (AvgIpc) is 3.11. The number of amides is 1. The Labute approximate surface area is 166 Å². The van der Waals surface area contributed by atoms with Gasteiger partial charge in [-0.15, -0.1) is 11.3 Å². The molecule has 1 heterocycles. The van der Waals surface area contributed by atoms with E-state index in [0.29, 0.717) is 0 Å². The molecule has 28 heavy (non-hydrogen) atoms. The summed E-state index contributed by atoms with van der Waals surface area (Å²) in [5.41, 5.74) is 4.82. The SMILES string of the molecule is Cc1ccc2nc(-c3ccc(NC(=O)/C=C/c4ccc(O)cc4)cc3)sc2c1. The Morgan fingerprint density at radius 2 is 1.79 bits per heavy atom. The Balaban J connectivity index is 1.45. The van der Waals surface area contributed by atoms with E-state index in [0.717, 1.165) is 27.3 Å². The Bertz CT molecular complexity index is 1160. The van der Waals surface area contributed by atoms with Crippen LogP contribution in [0, 0.1) is 6.92 Å². The molecule has 138 valence electrons. The summed E-state index contributed by atoms with van der Waals surface area (Å²) in [5, 5.41) is 13.1. The molecule has 0 unspecified atom stereocenters. The zero-order valence-corrected chi connectivity index (χ0v) is 16.0. The number of aryl methyl sites for hydroxylation is 1. The van der Waals surface area contributed by atoms with Crippen molar-refractivity contribution in [2.75, 3.05) is 5.32 Å². The minimum absolute atomic E-state index is 0.199. The molecule has 5 heteroatoms. The highest BCUT2D eigenvalue weighted by Gasteiger charge is 2.07. The topological polar surface area (TPSA) is 62.2 Å². The number of aromatic nitrogens is 1. The lowest BCUT2D eigenvalue weighted by Crippen LogP contribution is -2.07. The van der Waals surface area contributed by atoms with Crippen molar-refractivity contribution in [1.82, 2.24) is 4.98 Å². The van der Waals surface area contributed by atoms with E-state index in [1.54, 1.807) is 41.7 Å². The molecule has 4 nitrogen and oxygen atoms in total. The van der Waals surface area contributed by atoms with E-state index in [2.05, 4.69) is 29.4 Å². The molecule has 0 radical (unpaired) electrons. The van der Waals surface area contributed by atoms with Crippen molar-refractivity contribution in [3.05, 3.63) is 83.9 Å². The van der Waals surface area contributed by atoms with Crippen LogP contribution in [0.4, 0.5) is 5.69 Å². The predicted octanol–water partition coefficient (Wildman–Crippen LogP) is 5.63. The summed E-state index contributed by atoms with van der Waals surface area (Å²) < 4.78 is 1.17. The third-order valence-electron chi connectivity index (χ3n) is 4.26. The molecule has 0 saturated heterocycles. The number of aromatic hydroxyl groups is 1. The van der Waals surface area contributed by atoms with Crippen LogP contribution in [0.3, 0.4) is 0 Å². The lowest BCUT2D eigenvalue weighted by molar-refractivity contribution is -0.111. The van der Waals surface area contributed by atoms with Crippen LogP contribution in [-0.2, 0) is 4.79 Å². The summed E-state index contributed by atoms with van der Waals surface area (Å²) in [6.07, 6.45) is 3.17. The maximum atomic E-state index is 12.1. The van der Waals surface area contributed by atoms with Crippen LogP contribution in [0.15, 0.2) is 72.8 Å². The maximum Gasteiger partial charge on any atom is 0.248 e. The van der Waals surface area contributed by atoms with Gasteiger partial charge in [0.2, 0.25) is 5.91 Å². The van der Waals surface area contributed by atoms with Gasteiger partial charge in [-0.2, -0.15) is 0 Å². The number of benzene rings is 3. The van der Waals surface area contributed by atoms with Gasteiger partial charge < -0.3 is 10.4 Å². The normalized spacial score (nSPS) is 11.2. The second kappa shape index (κ2) is 7.66. The number of hydrogen-bond donors (Lipinski definition) is 2. The fraction of sp³-hybridized carbons (Fsp3) is 0.0435. The van der Waals surface area contributed by atoms with Crippen molar-refractivity contribution in [1.29, 1.82) is 0 Å². The Morgan fingerprint density at radius 1 is 1.04 bits per heavy atom. The molecule has 1 aromatic heterocycles. The summed E-state index contributed by atoms with van der Waals surface area (Å²) in [7, 11) is 0. The third kappa shape index (κ3) is 4.10. The minimum Gasteiger partial charge on any atom is -0.508 e. The number of phenols is 1. The number of hydrogen-bond acceptors (Lipinski definition) is 4. The van der Waals surface area contributed by atoms with Gasteiger partial charge in [0.15, 0.2) is 0 Å². The van der Waals surface area contributed by atoms with E-state index in [1.807, 2.05) is 30.3 Å². The van der Waals surface area contributed by atoms with Gasteiger partial charge in [0.05, 0.1) is 10.2 Å². The number of rotatable bonds is 4. The van der Waals surface area contributed by atoms with Gasteiger partial charge in [-0.1, -0.05) is 18.2 Å². The van der Waals surface area contributed by atoms with Crippen molar-refractivity contribution in [3.63, 3.8) is 0 Å². The van der Waals surface area contributed by atoms with E-state index < -0.39 is 0 Å². The lowest BCUT2D eigenvalue weighted by atomic mass is 10.2. The summed E-state index contributed by atoms with van der Waals surface area (Å²) in [6, 6.07) is 20.6. The predicted molar refractivity (Wildman–Crippen MR) is 116 cm³/mol. The van der Waals surface area contributed by atoms with Crippen LogP contribution < -0.4 is 5.32 Å². The van der Waals surface area contributed by atoms with Crippen molar-refractivity contribution < 1.29 is 9.90 Å². The van der Waals surface area contributed by atoms with Gasteiger partial charge in [0.1, 0.15) is 10.8 Å². The largest absolute Gasteiger partial charge is 0.508 e. The first-order valence-corrected chi connectivity index (χ1v) is 9.64. The molecule has 3 aromatic carbocycles. The molecule has 4 aromatic rings. The van der Waals surface area contributed by atoms with Gasteiger partial charge in [-0.25, -0.2) is 4.98 Å². The molecule has 0 aliphatic carbocycles. The molecule has 0 atom stereocenters. The van der Waals surface area contributed by atoms with Gasteiger partial charge in [-0.05, 0) is 72.7 Å². The highest BCUT2D eigenvalue weighted by molar-refractivity contribution is 7.21. The van der Waals surface area contributed by atoms with E-state index in [-0.39, 0.29) is 11.7 Å². The van der Waals surface area contributed by atoms with Gasteiger partial charge >= 0.3 is 0 Å². The number of phenolic OH excluding ortho intramolecular Hbond substituents is 1. The Morgan fingerprint density at radius 3 is 2.54 bits per heavy atom. The summed E-state index contributed by atoms with van der Waals surface area (Å²) in [5.74, 6) is -0.0127. The fourth-order valence-electron chi connectivity index (χ4n) is 2.79. The fourth-order valence-corrected chi connectivity index (χ4v) is 3.86. The van der Waals surface area contributed by atoms with Crippen LogP contribution in [0.25, 0.3) is 26.9 Å². The lowest BCUT2D eigenvalue weighted by Gasteiger charge is -2.03. The van der Waals surface area contributed by atoms with Crippen LogP contribution in [0.1, 0.15) is 11.1 Å². The summed E-state index contributed by atoms with van der Waals surface area (Å²) in [6.45, 7) is 2.08. The second-order valence-corrected chi connectivity index (χ2v) is 7.51. The molecule has 0 spiro atoms. The van der Waals surface area contributed by atoms with Crippen LogP contribution >= 0.6 is 11.3 Å². The van der Waals surface area contributed by atoms with E-state index >= 15 is 0 Å². The van der Waals surface area contributed by atoms with Crippen LogP contribution in [-0.4, -0.2) is 16.0 Å². The molecule has 0 aliphatic rings. The average molecular weight is 386 g/mol. The van der Waals surface area contributed by atoms with Gasteiger partial charge in [-0.3, -0.25) is 4.79 Å². The van der Waals surface area contributed by atoms with Crippen molar-refractivity contribution >= 4 is 39.2 Å². The standard InChI is InChI=1S/C23H18N2O2S/c1-15-2-12-20-21(14-15)28-23(25-20)17-6-8-18(9-7-17)24-22(27)13-5-16-3-10-19(26)11-4-16/h2-14,26H,1H3,(H,24,27)/b13-5+. The second-order valence-electron chi connectivity index (χ2n) is 6.48. The van der Waals surface area contributed by atoms with Crippen molar-refractivity contribution in [2.45, 2.75) is 6.92 Å². The number of thiazole rings is 1. The highest BCUT2D eigenvalue weighted by atomic mass is 32.1. The number of carbonyl (C=O) groups is 1.